The van der Waals surface area contributed by atoms with Crippen LogP contribution >= 0.6 is 11.6 Å². The third-order valence-corrected chi connectivity index (χ3v) is 3.29. The molecule has 0 saturated carbocycles. The van der Waals surface area contributed by atoms with Crippen molar-refractivity contribution in [3.8, 4) is 5.88 Å². The summed E-state index contributed by atoms with van der Waals surface area (Å²) in [7, 11) is 0. The summed E-state index contributed by atoms with van der Waals surface area (Å²) in [6.07, 6.45) is 1.87. The van der Waals surface area contributed by atoms with Gasteiger partial charge in [0.25, 0.3) is 0 Å². The van der Waals surface area contributed by atoms with Crippen LogP contribution in [0.1, 0.15) is 24.5 Å². The number of benzene rings is 1. The molecule has 1 aromatic heterocycles. The van der Waals surface area contributed by atoms with Crippen LogP contribution in [-0.4, -0.2) is 4.98 Å². The Morgan fingerprint density at radius 1 is 1.30 bits per heavy atom. The lowest BCUT2D eigenvalue weighted by Gasteiger charge is -2.10. The maximum Gasteiger partial charge on any atom is 0.215 e. The van der Waals surface area contributed by atoms with Gasteiger partial charge in [-0.05, 0) is 24.1 Å². The van der Waals surface area contributed by atoms with E-state index in [1.165, 1.54) is 6.07 Å². The van der Waals surface area contributed by atoms with E-state index in [0.717, 1.165) is 18.4 Å². The predicted molar refractivity (Wildman–Crippen MR) is 78.4 cm³/mol. The summed E-state index contributed by atoms with van der Waals surface area (Å²) in [6, 6.07) is 8.13. The Labute approximate surface area is 122 Å². The number of halogens is 2. The molecule has 106 valence electrons. The largest absolute Gasteiger partial charge is 0.473 e. The zero-order chi connectivity index (χ0) is 14.5. The highest BCUT2D eigenvalue weighted by Gasteiger charge is 2.09. The number of anilines is 1. The van der Waals surface area contributed by atoms with E-state index in [0.29, 0.717) is 22.3 Å². The average Bonchev–Trinajstić information content (AvgIpc) is 2.41. The van der Waals surface area contributed by atoms with Crippen molar-refractivity contribution in [1.82, 2.24) is 4.98 Å². The lowest BCUT2D eigenvalue weighted by Crippen LogP contribution is -2.03. The van der Waals surface area contributed by atoms with Crippen LogP contribution in [0.25, 0.3) is 0 Å². The Balaban J connectivity index is 2.09. The van der Waals surface area contributed by atoms with Crippen LogP contribution in [0.15, 0.2) is 30.3 Å². The molecule has 0 unspecified atom stereocenters. The number of hydrogen-bond acceptors (Lipinski definition) is 3. The second-order valence-corrected chi connectivity index (χ2v) is 4.84. The van der Waals surface area contributed by atoms with Gasteiger partial charge in [-0.1, -0.05) is 37.1 Å². The zero-order valence-corrected chi connectivity index (χ0v) is 12.0. The minimum atomic E-state index is -0.395. The van der Waals surface area contributed by atoms with E-state index < -0.39 is 5.82 Å². The van der Waals surface area contributed by atoms with E-state index in [-0.39, 0.29) is 6.61 Å². The number of rotatable bonds is 5. The molecule has 1 aromatic carbocycles. The molecule has 0 amide bonds. The third kappa shape index (κ3) is 3.39. The molecular formula is C15H16ClFN2O. The molecule has 0 saturated heterocycles. The average molecular weight is 295 g/mol. The minimum absolute atomic E-state index is 0.0189. The fourth-order valence-corrected chi connectivity index (χ4v) is 2.08. The van der Waals surface area contributed by atoms with E-state index in [4.69, 9.17) is 22.1 Å². The van der Waals surface area contributed by atoms with E-state index in [1.54, 1.807) is 18.2 Å². The Morgan fingerprint density at radius 2 is 2.10 bits per heavy atom. The molecular weight excluding hydrogens is 279 g/mol. The summed E-state index contributed by atoms with van der Waals surface area (Å²) in [5.41, 5.74) is 7.15. The normalized spacial score (nSPS) is 10.6. The monoisotopic (exact) mass is 294 g/mol. The second-order valence-electron chi connectivity index (χ2n) is 4.43. The van der Waals surface area contributed by atoms with Gasteiger partial charge in [0, 0.05) is 11.6 Å². The number of nitrogen functional groups attached to an aromatic ring is 1. The number of hydrogen-bond donors (Lipinski definition) is 1. The first-order valence-corrected chi connectivity index (χ1v) is 6.80. The Kier molecular flexibility index (Phi) is 4.79. The summed E-state index contributed by atoms with van der Waals surface area (Å²) >= 11 is 5.93. The van der Waals surface area contributed by atoms with E-state index >= 15 is 0 Å². The van der Waals surface area contributed by atoms with E-state index in [9.17, 15) is 4.39 Å². The van der Waals surface area contributed by atoms with E-state index in [2.05, 4.69) is 11.9 Å². The maximum absolute atomic E-state index is 13.6. The Hall–Kier alpha value is -1.81. The molecule has 2 rings (SSSR count). The Morgan fingerprint density at radius 3 is 2.75 bits per heavy atom. The van der Waals surface area contributed by atoms with Crippen molar-refractivity contribution in [2.45, 2.75) is 26.4 Å². The van der Waals surface area contributed by atoms with Gasteiger partial charge in [0.05, 0.1) is 5.02 Å². The zero-order valence-electron chi connectivity index (χ0n) is 11.2. The van der Waals surface area contributed by atoms with Gasteiger partial charge in [0.2, 0.25) is 5.88 Å². The van der Waals surface area contributed by atoms with Crippen molar-refractivity contribution in [2.75, 3.05) is 5.73 Å². The summed E-state index contributed by atoms with van der Waals surface area (Å²) < 4.78 is 19.0. The van der Waals surface area contributed by atoms with Crippen molar-refractivity contribution in [2.24, 2.45) is 0 Å². The van der Waals surface area contributed by atoms with Gasteiger partial charge >= 0.3 is 0 Å². The molecule has 0 aliphatic carbocycles. The van der Waals surface area contributed by atoms with Gasteiger partial charge < -0.3 is 10.5 Å². The summed E-state index contributed by atoms with van der Waals surface area (Å²) in [6.45, 7) is 2.09. The topological polar surface area (TPSA) is 48.1 Å². The van der Waals surface area contributed by atoms with Gasteiger partial charge in [-0.25, -0.2) is 4.39 Å². The quantitative estimate of drug-likeness (QED) is 0.907. The van der Waals surface area contributed by atoms with Crippen LogP contribution in [0.3, 0.4) is 0 Å². The molecule has 20 heavy (non-hydrogen) atoms. The van der Waals surface area contributed by atoms with Crippen LogP contribution < -0.4 is 10.5 Å². The van der Waals surface area contributed by atoms with Crippen LogP contribution in [0.4, 0.5) is 10.2 Å². The van der Waals surface area contributed by atoms with Crippen molar-refractivity contribution >= 4 is 17.4 Å². The first-order chi connectivity index (χ1) is 9.61. The van der Waals surface area contributed by atoms with Gasteiger partial charge in [-0.15, -0.1) is 0 Å². The number of nitrogens with zero attached hydrogens (tertiary/aromatic N) is 1. The summed E-state index contributed by atoms with van der Waals surface area (Å²) in [5.74, 6) is 0.415. The lowest BCUT2D eigenvalue weighted by molar-refractivity contribution is 0.288. The fraction of sp³-hybridized carbons (Fsp3) is 0.267. The fourth-order valence-electron chi connectivity index (χ4n) is 1.86. The van der Waals surface area contributed by atoms with Gasteiger partial charge in [-0.3, -0.25) is 0 Å². The lowest BCUT2D eigenvalue weighted by atomic mass is 10.1. The molecule has 2 aromatic rings. The predicted octanol–water partition coefficient (Wildman–Crippen LogP) is 3.99. The number of ether oxygens (including phenoxy) is 1. The van der Waals surface area contributed by atoms with Gasteiger partial charge in [-0.2, -0.15) is 4.98 Å². The first-order valence-electron chi connectivity index (χ1n) is 6.43. The van der Waals surface area contributed by atoms with Crippen LogP contribution in [-0.2, 0) is 13.0 Å². The second kappa shape index (κ2) is 6.57. The molecule has 2 N–H and O–H groups in total. The highest BCUT2D eigenvalue weighted by molar-refractivity contribution is 6.31. The van der Waals surface area contributed by atoms with Gasteiger partial charge in [0.15, 0.2) is 0 Å². The number of aromatic nitrogens is 1. The third-order valence-electron chi connectivity index (χ3n) is 2.93. The van der Waals surface area contributed by atoms with Crippen LogP contribution in [0.2, 0.25) is 5.02 Å². The molecule has 5 heteroatoms. The number of aryl methyl sites for hydroxylation is 1. The standard InChI is InChI=1S/C15H16ClFN2O/c1-2-4-10-7-8-14(19-15(10)18)20-9-11-12(16)5-3-6-13(11)17/h3,5-8H,2,4,9H2,1H3,(H2,18,19). The van der Waals surface area contributed by atoms with Crippen molar-refractivity contribution < 1.29 is 9.13 Å². The molecule has 0 atom stereocenters. The van der Waals surface area contributed by atoms with Crippen molar-refractivity contribution in [1.29, 1.82) is 0 Å². The SMILES string of the molecule is CCCc1ccc(OCc2c(F)cccc2Cl)nc1N. The molecule has 0 bridgehead atoms. The summed E-state index contributed by atoms with van der Waals surface area (Å²) in [4.78, 5) is 4.16. The smallest absolute Gasteiger partial charge is 0.215 e. The number of nitrogens with two attached hydrogens (primary N) is 1. The highest BCUT2D eigenvalue weighted by Crippen LogP contribution is 2.22. The van der Waals surface area contributed by atoms with Crippen molar-refractivity contribution in [3.05, 3.63) is 52.3 Å². The molecule has 0 radical (unpaired) electrons. The van der Waals surface area contributed by atoms with Crippen LogP contribution in [0, 0.1) is 5.82 Å². The summed E-state index contributed by atoms with van der Waals surface area (Å²) in [5, 5.41) is 0.334. The maximum atomic E-state index is 13.6. The first kappa shape index (κ1) is 14.6. The highest BCUT2D eigenvalue weighted by atomic mass is 35.5. The van der Waals surface area contributed by atoms with Crippen molar-refractivity contribution in [3.63, 3.8) is 0 Å². The minimum Gasteiger partial charge on any atom is -0.473 e. The molecule has 0 fully saturated rings. The molecule has 0 aliphatic heterocycles. The molecule has 0 aliphatic rings. The molecule has 0 spiro atoms. The van der Waals surface area contributed by atoms with Gasteiger partial charge in [0.1, 0.15) is 18.2 Å². The van der Waals surface area contributed by atoms with Crippen LogP contribution in [0.5, 0.6) is 5.88 Å². The van der Waals surface area contributed by atoms with E-state index in [1.807, 2.05) is 6.07 Å². The Bertz CT molecular complexity index is 584. The number of pyridine rings is 1. The molecule has 3 nitrogen and oxygen atoms in total. The molecule has 1 heterocycles.